The molecule has 2 aromatic carbocycles. The van der Waals surface area contributed by atoms with Crippen LogP contribution in [0, 0.1) is 5.82 Å². The summed E-state index contributed by atoms with van der Waals surface area (Å²) in [5.41, 5.74) is -0.0239. The minimum Gasteiger partial charge on any atom is -0.494 e. The number of nitrogens with zero attached hydrogens (tertiary/aromatic N) is 3. The molecule has 12 heteroatoms. The summed E-state index contributed by atoms with van der Waals surface area (Å²) in [4.78, 5) is 40.5. The van der Waals surface area contributed by atoms with Crippen LogP contribution in [0.5, 0.6) is 5.75 Å². The van der Waals surface area contributed by atoms with Gasteiger partial charge in [-0.05, 0) is 43.3 Å². The summed E-state index contributed by atoms with van der Waals surface area (Å²) in [6, 6.07) is 14.4. The molecule has 10 nitrogen and oxygen atoms in total. The summed E-state index contributed by atoms with van der Waals surface area (Å²) >= 11 is 1.11. The number of carbonyl (C=O) groups is 1. The SMILES string of the molecule is CCOc1ccc(-n2c(Cc3cc(=O)[nH]c(=O)[nH]3)nnc2SCC(=O)Nc2ccccc2F)cc1. The van der Waals surface area contributed by atoms with E-state index in [1.807, 2.05) is 19.1 Å². The van der Waals surface area contributed by atoms with Crippen LogP contribution in [0.15, 0.2) is 69.3 Å². The molecule has 0 aliphatic carbocycles. The highest BCUT2D eigenvalue weighted by molar-refractivity contribution is 7.99. The van der Waals surface area contributed by atoms with Crippen molar-refractivity contribution in [3.8, 4) is 11.4 Å². The molecule has 0 saturated carbocycles. The Labute approximate surface area is 202 Å². The van der Waals surface area contributed by atoms with E-state index < -0.39 is 23.0 Å². The Morgan fingerprint density at radius 3 is 2.60 bits per heavy atom. The van der Waals surface area contributed by atoms with Crippen molar-refractivity contribution in [2.75, 3.05) is 17.7 Å². The quantitative estimate of drug-likeness (QED) is 0.303. The van der Waals surface area contributed by atoms with Crippen LogP contribution in [0.25, 0.3) is 5.69 Å². The first-order valence-corrected chi connectivity index (χ1v) is 11.6. The zero-order valence-corrected chi connectivity index (χ0v) is 19.4. The topological polar surface area (TPSA) is 135 Å². The Morgan fingerprint density at radius 2 is 1.89 bits per heavy atom. The molecule has 0 spiro atoms. The third-order valence-corrected chi connectivity index (χ3v) is 5.68. The molecule has 35 heavy (non-hydrogen) atoms. The number of carbonyl (C=O) groups excluding carboxylic acids is 1. The van der Waals surface area contributed by atoms with Gasteiger partial charge in [-0.15, -0.1) is 10.2 Å². The van der Waals surface area contributed by atoms with E-state index in [-0.39, 0.29) is 17.9 Å². The van der Waals surface area contributed by atoms with Crippen molar-refractivity contribution >= 4 is 23.4 Å². The summed E-state index contributed by atoms with van der Waals surface area (Å²) in [6.45, 7) is 2.40. The number of halogens is 1. The van der Waals surface area contributed by atoms with Crippen LogP contribution < -0.4 is 21.3 Å². The van der Waals surface area contributed by atoms with Gasteiger partial charge in [-0.1, -0.05) is 23.9 Å². The van der Waals surface area contributed by atoms with Gasteiger partial charge >= 0.3 is 5.69 Å². The fourth-order valence-electron chi connectivity index (χ4n) is 3.29. The molecule has 0 unspecified atom stereocenters. The number of thioether (sulfide) groups is 1. The summed E-state index contributed by atoms with van der Waals surface area (Å²) in [6.07, 6.45) is 0.112. The largest absolute Gasteiger partial charge is 0.494 e. The second-order valence-corrected chi connectivity index (χ2v) is 8.21. The van der Waals surface area contributed by atoms with E-state index in [0.29, 0.717) is 34.7 Å². The van der Waals surface area contributed by atoms with E-state index >= 15 is 0 Å². The number of para-hydroxylation sites is 1. The molecule has 4 rings (SSSR count). The number of amides is 1. The third-order valence-electron chi connectivity index (χ3n) is 4.75. The Bertz CT molecular complexity index is 1420. The summed E-state index contributed by atoms with van der Waals surface area (Å²) < 4.78 is 21.1. The first-order valence-electron chi connectivity index (χ1n) is 10.6. The fourth-order valence-corrected chi connectivity index (χ4v) is 4.06. The van der Waals surface area contributed by atoms with Gasteiger partial charge in [-0.2, -0.15) is 0 Å². The Morgan fingerprint density at radius 1 is 1.11 bits per heavy atom. The van der Waals surface area contributed by atoms with E-state index in [1.54, 1.807) is 22.8 Å². The van der Waals surface area contributed by atoms with Crippen molar-refractivity contribution < 1.29 is 13.9 Å². The van der Waals surface area contributed by atoms with Crippen molar-refractivity contribution in [1.29, 1.82) is 0 Å². The van der Waals surface area contributed by atoms with Crippen molar-refractivity contribution in [2.24, 2.45) is 0 Å². The number of hydrogen-bond donors (Lipinski definition) is 3. The predicted octanol–water partition coefficient (Wildman–Crippen LogP) is 2.50. The molecule has 2 aromatic heterocycles. The lowest BCUT2D eigenvalue weighted by atomic mass is 10.2. The van der Waals surface area contributed by atoms with Crippen LogP contribution in [0.1, 0.15) is 18.4 Å². The lowest BCUT2D eigenvalue weighted by Gasteiger charge is -2.11. The van der Waals surface area contributed by atoms with E-state index in [0.717, 1.165) is 11.8 Å². The molecular formula is C23H21FN6O4S. The van der Waals surface area contributed by atoms with Gasteiger partial charge in [0.1, 0.15) is 17.4 Å². The lowest BCUT2D eigenvalue weighted by Crippen LogP contribution is -2.23. The van der Waals surface area contributed by atoms with Crippen molar-refractivity contribution in [1.82, 2.24) is 24.7 Å². The number of anilines is 1. The van der Waals surface area contributed by atoms with Gasteiger partial charge in [0.15, 0.2) is 5.16 Å². The van der Waals surface area contributed by atoms with Crippen LogP contribution >= 0.6 is 11.8 Å². The molecule has 3 N–H and O–H groups in total. The summed E-state index contributed by atoms with van der Waals surface area (Å²) in [7, 11) is 0. The highest BCUT2D eigenvalue weighted by atomic mass is 32.2. The minimum atomic E-state index is -0.626. The number of aromatic nitrogens is 5. The Balaban J connectivity index is 1.60. The Kier molecular flexibility index (Phi) is 7.41. The second-order valence-electron chi connectivity index (χ2n) is 7.27. The van der Waals surface area contributed by atoms with Crippen molar-refractivity contribution in [3.05, 3.63) is 92.8 Å². The van der Waals surface area contributed by atoms with Crippen molar-refractivity contribution in [3.63, 3.8) is 0 Å². The molecule has 0 radical (unpaired) electrons. The van der Waals surface area contributed by atoms with Gasteiger partial charge in [-0.25, -0.2) is 9.18 Å². The van der Waals surface area contributed by atoms with Gasteiger partial charge in [-0.3, -0.25) is 19.1 Å². The smallest absolute Gasteiger partial charge is 0.325 e. The molecule has 1 amide bonds. The standard InChI is InChI=1S/C23H21FN6O4S/c1-2-34-16-9-7-15(8-10-16)30-19(11-14-12-20(31)27-22(33)25-14)28-29-23(30)35-13-21(32)26-18-6-4-3-5-17(18)24/h3-10,12H,2,11,13H2,1H3,(H,26,32)(H2,25,27,31,33). The van der Waals surface area contributed by atoms with Gasteiger partial charge in [0.2, 0.25) is 5.91 Å². The average Bonchev–Trinajstić information content (AvgIpc) is 3.21. The molecule has 4 aromatic rings. The van der Waals surface area contributed by atoms with E-state index in [2.05, 4.69) is 25.5 Å². The number of H-pyrrole nitrogens is 2. The first kappa shape index (κ1) is 24.0. The van der Waals surface area contributed by atoms with Gasteiger partial charge in [0, 0.05) is 23.9 Å². The third kappa shape index (κ3) is 6.03. The maximum atomic E-state index is 13.8. The van der Waals surface area contributed by atoms with Gasteiger partial charge in [0.25, 0.3) is 5.56 Å². The highest BCUT2D eigenvalue weighted by Crippen LogP contribution is 2.25. The molecule has 0 bridgehead atoms. The maximum Gasteiger partial charge on any atom is 0.325 e. The molecule has 0 fully saturated rings. The average molecular weight is 497 g/mol. The molecular weight excluding hydrogens is 475 g/mol. The van der Waals surface area contributed by atoms with Gasteiger partial charge in [0.05, 0.1) is 18.0 Å². The second kappa shape index (κ2) is 10.8. The lowest BCUT2D eigenvalue weighted by molar-refractivity contribution is -0.113. The monoisotopic (exact) mass is 496 g/mol. The number of rotatable bonds is 9. The number of ether oxygens (including phenoxy) is 1. The van der Waals surface area contributed by atoms with Crippen LogP contribution in [0.3, 0.4) is 0 Å². The first-order chi connectivity index (χ1) is 16.9. The minimum absolute atomic E-state index is 0.0503. The Hall–Kier alpha value is -4.19. The molecule has 0 aliphatic rings. The fraction of sp³-hybridized carbons (Fsp3) is 0.174. The molecule has 0 atom stereocenters. The van der Waals surface area contributed by atoms with Crippen LogP contribution in [-0.2, 0) is 11.2 Å². The predicted molar refractivity (Wildman–Crippen MR) is 129 cm³/mol. The zero-order chi connectivity index (χ0) is 24.8. The zero-order valence-electron chi connectivity index (χ0n) is 18.6. The molecule has 2 heterocycles. The van der Waals surface area contributed by atoms with Gasteiger partial charge < -0.3 is 15.0 Å². The summed E-state index contributed by atoms with van der Waals surface area (Å²) in [5.74, 6) is 0.126. The maximum absolute atomic E-state index is 13.8. The molecule has 0 aliphatic heterocycles. The van der Waals surface area contributed by atoms with Crippen LogP contribution in [-0.4, -0.2) is 43.0 Å². The van der Waals surface area contributed by atoms with E-state index in [4.69, 9.17) is 4.74 Å². The molecule has 0 saturated heterocycles. The van der Waals surface area contributed by atoms with E-state index in [9.17, 15) is 18.8 Å². The van der Waals surface area contributed by atoms with Crippen LogP contribution in [0.2, 0.25) is 0 Å². The van der Waals surface area contributed by atoms with E-state index in [1.165, 1.54) is 24.3 Å². The molecule has 180 valence electrons. The summed E-state index contributed by atoms with van der Waals surface area (Å²) in [5, 5.41) is 11.4. The highest BCUT2D eigenvalue weighted by Gasteiger charge is 2.17. The number of hydrogen-bond acceptors (Lipinski definition) is 7. The number of nitrogens with one attached hydrogen (secondary N) is 3. The van der Waals surface area contributed by atoms with Crippen LogP contribution in [0.4, 0.5) is 10.1 Å². The number of aromatic amines is 2. The normalized spacial score (nSPS) is 10.8. The van der Waals surface area contributed by atoms with Crippen molar-refractivity contribution in [2.45, 2.75) is 18.5 Å². The number of benzene rings is 2.